The lowest BCUT2D eigenvalue weighted by Crippen LogP contribution is -2.03. The molecule has 1 aromatic heterocycles. The standard InChI is InChI=1S/C12H14N2O/c1-2-15-12-9(7-13)8-14-11-6-4-3-5-10(11)12/h3-6,8H,2,7,13H2,1H3. The van der Waals surface area contributed by atoms with E-state index in [-0.39, 0.29) is 0 Å². The van der Waals surface area contributed by atoms with E-state index in [2.05, 4.69) is 4.98 Å². The lowest BCUT2D eigenvalue weighted by molar-refractivity contribution is 0.340. The second-order valence-electron chi connectivity index (χ2n) is 3.27. The Morgan fingerprint density at radius 2 is 2.13 bits per heavy atom. The van der Waals surface area contributed by atoms with Crippen LogP contribution in [0.1, 0.15) is 12.5 Å². The number of nitrogens with two attached hydrogens (primary N) is 1. The Bertz CT molecular complexity index is 468. The summed E-state index contributed by atoms with van der Waals surface area (Å²) in [7, 11) is 0. The van der Waals surface area contributed by atoms with Gasteiger partial charge in [-0.05, 0) is 19.1 Å². The number of benzene rings is 1. The molecule has 0 unspecified atom stereocenters. The molecule has 2 rings (SSSR count). The third kappa shape index (κ3) is 1.78. The van der Waals surface area contributed by atoms with Crippen LogP contribution in [-0.4, -0.2) is 11.6 Å². The van der Waals surface area contributed by atoms with E-state index in [4.69, 9.17) is 10.5 Å². The summed E-state index contributed by atoms with van der Waals surface area (Å²) < 4.78 is 5.62. The van der Waals surface area contributed by atoms with Crippen molar-refractivity contribution in [1.29, 1.82) is 0 Å². The van der Waals surface area contributed by atoms with Gasteiger partial charge in [0, 0.05) is 23.7 Å². The van der Waals surface area contributed by atoms with Crippen LogP contribution < -0.4 is 10.5 Å². The van der Waals surface area contributed by atoms with Gasteiger partial charge >= 0.3 is 0 Å². The molecule has 0 saturated carbocycles. The maximum Gasteiger partial charge on any atom is 0.134 e. The molecule has 78 valence electrons. The molecule has 2 N–H and O–H groups in total. The Balaban J connectivity index is 2.67. The zero-order valence-electron chi connectivity index (χ0n) is 8.73. The number of aromatic nitrogens is 1. The molecule has 0 aliphatic heterocycles. The predicted octanol–water partition coefficient (Wildman–Crippen LogP) is 2.09. The summed E-state index contributed by atoms with van der Waals surface area (Å²) in [6.07, 6.45) is 1.79. The van der Waals surface area contributed by atoms with Gasteiger partial charge in [0.1, 0.15) is 5.75 Å². The van der Waals surface area contributed by atoms with E-state index >= 15 is 0 Å². The van der Waals surface area contributed by atoms with Gasteiger partial charge in [0.15, 0.2) is 0 Å². The first-order chi connectivity index (χ1) is 7.36. The van der Waals surface area contributed by atoms with Gasteiger partial charge in [0.25, 0.3) is 0 Å². The van der Waals surface area contributed by atoms with Gasteiger partial charge in [0.05, 0.1) is 12.1 Å². The van der Waals surface area contributed by atoms with Gasteiger partial charge in [-0.2, -0.15) is 0 Å². The van der Waals surface area contributed by atoms with E-state index < -0.39 is 0 Å². The van der Waals surface area contributed by atoms with Gasteiger partial charge < -0.3 is 10.5 Å². The third-order valence-electron chi connectivity index (χ3n) is 2.31. The van der Waals surface area contributed by atoms with Gasteiger partial charge in [-0.25, -0.2) is 0 Å². The summed E-state index contributed by atoms with van der Waals surface area (Å²) >= 11 is 0. The molecular weight excluding hydrogens is 188 g/mol. The number of hydrogen-bond acceptors (Lipinski definition) is 3. The smallest absolute Gasteiger partial charge is 0.134 e. The zero-order valence-corrected chi connectivity index (χ0v) is 8.73. The maximum absolute atomic E-state index is 5.65. The van der Waals surface area contributed by atoms with Crippen LogP contribution in [0.4, 0.5) is 0 Å². The fraction of sp³-hybridized carbons (Fsp3) is 0.250. The Labute approximate surface area is 88.9 Å². The second kappa shape index (κ2) is 4.28. The highest BCUT2D eigenvalue weighted by molar-refractivity contribution is 5.86. The highest BCUT2D eigenvalue weighted by Gasteiger charge is 2.07. The van der Waals surface area contributed by atoms with E-state index in [1.807, 2.05) is 31.2 Å². The number of fused-ring (bicyclic) bond motifs is 1. The predicted molar refractivity (Wildman–Crippen MR) is 60.8 cm³/mol. The van der Waals surface area contributed by atoms with Crippen molar-refractivity contribution >= 4 is 10.9 Å². The zero-order chi connectivity index (χ0) is 10.7. The molecule has 0 aliphatic rings. The number of hydrogen-bond donors (Lipinski definition) is 1. The molecule has 0 aliphatic carbocycles. The van der Waals surface area contributed by atoms with Gasteiger partial charge in [0.2, 0.25) is 0 Å². The van der Waals surface area contributed by atoms with Crippen molar-refractivity contribution in [3.8, 4) is 5.75 Å². The monoisotopic (exact) mass is 202 g/mol. The molecule has 15 heavy (non-hydrogen) atoms. The Hall–Kier alpha value is -1.61. The van der Waals surface area contributed by atoms with E-state index in [1.165, 1.54) is 0 Å². The van der Waals surface area contributed by atoms with Crippen LogP contribution in [0.25, 0.3) is 10.9 Å². The molecular formula is C12H14N2O. The van der Waals surface area contributed by atoms with Crippen LogP contribution in [-0.2, 0) is 6.54 Å². The average molecular weight is 202 g/mol. The highest BCUT2D eigenvalue weighted by atomic mass is 16.5. The third-order valence-corrected chi connectivity index (χ3v) is 2.31. The molecule has 0 spiro atoms. The van der Waals surface area contributed by atoms with Crippen molar-refractivity contribution in [2.24, 2.45) is 5.73 Å². The molecule has 0 bridgehead atoms. The fourth-order valence-electron chi connectivity index (χ4n) is 1.62. The van der Waals surface area contributed by atoms with Gasteiger partial charge in [-0.15, -0.1) is 0 Å². The topological polar surface area (TPSA) is 48.1 Å². The fourth-order valence-corrected chi connectivity index (χ4v) is 1.62. The quantitative estimate of drug-likeness (QED) is 0.829. The van der Waals surface area contributed by atoms with E-state index in [9.17, 15) is 0 Å². The van der Waals surface area contributed by atoms with Crippen LogP contribution in [0.15, 0.2) is 30.5 Å². The van der Waals surface area contributed by atoms with Crippen molar-refractivity contribution in [2.75, 3.05) is 6.61 Å². The Kier molecular flexibility index (Phi) is 2.83. The molecule has 2 aromatic rings. The molecule has 1 aromatic carbocycles. The van der Waals surface area contributed by atoms with Crippen molar-refractivity contribution < 1.29 is 4.74 Å². The Morgan fingerprint density at radius 3 is 2.87 bits per heavy atom. The summed E-state index contributed by atoms with van der Waals surface area (Å²) in [5, 5.41) is 1.03. The summed E-state index contributed by atoms with van der Waals surface area (Å²) in [4.78, 5) is 4.33. The minimum Gasteiger partial charge on any atom is -0.493 e. The van der Waals surface area contributed by atoms with Crippen LogP contribution in [0.2, 0.25) is 0 Å². The summed E-state index contributed by atoms with van der Waals surface area (Å²) in [6, 6.07) is 7.92. The van der Waals surface area contributed by atoms with Crippen LogP contribution >= 0.6 is 0 Å². The lowest BCUT2D eigenvalue weighted by Gasteiger charge is -2.11. The first-order valence-corrected chi connectivity index (χ1v) is 5.06. The molecule has 3 nitrogen and oxygen atoms in total. The van der Waals surface area contributed by atoms with Crippen molar-refractivity contribution in [3.05, 3.63) is 36.0 Å². The molecule has 0 atom stereocenters. The lowest BCUT2D eigenvalue weighted by atomic mass is 10.1. The molecule has 1 heterocycles. The Morgan fingerprint density at radius 1 is 1.33 bits per heavy atom. The largest absolute Gasteiger partial charge is 0.493 e. The van der Waals surface area contributed by atoms with E-state index in [1.54, 1.807) is 6.20 Å². The maximum atomic E-state index is 5.65. The molecule has 0 amide bonds. The first-order valence-electron chi connectivity index (χ1n) is 5.06. The summed E-state index contributed by atoms with van der Waals surface area (Å²) in [5.41, 5.74) is 7.55. The second-order valence-corrected chi connectivity index (χ2v) is 3.27. The molecule has 0 saturated heterocycles. The number of para-hydroxylation sites is 1. The molecule has 0 radical (unpaired) electrons. The van der Waals surface area contributed by atoms with Crippen molar-refractivity contribution in [2.45, 2.75) is 13.5 Å². The number of rotatable bonds is 3. The highest BCUT2D eigenvalue weighted by Crippen LogP contribution is 2.27. The number of pyridine rings is 1. The van der Waals surface area contributed by atoms with E-state index in [0.29, 0.717) is 13.2 Å². The number of ether oxygens (including phenoxy) is 1. The minimum absolute atomic E-state index is 0.452. The minimum atomic E-state index is 0.452. The first kappa shape index (κ1) is 9.93. The van der Waals surface area contributed by atoms with Crippen LogP contribution in [0, 0.1) is 0 Å². The van der Waals surface area contributed by atoms with Crippen LogP contribution in [0.5, 0.6) is 5.75 Å². The van der Waals surface area contributed by atoms with Gasteiger partial charge in [-0.1, -0.05) is 12.1 Å². The van der Waals surface area contributed by atoms with Gasteiger partial charge in [-0.3, -0.25) is 4.98 Å². The average Bonchev–Trinajstić information content (AvgIpc) is 2.30. The molecule has 3 heteroatoms. The molecule has 0 fully saturated rings. The van der Waals surface area contributed by atoms with Crippen molar-refractivity contribution in [3.63, 3.8) is 0 Å². The van der Waals surface area contributed by atoms with Crippen LogP contribution in [0.3, 0.4) is 0 Å². The van der Waals surface area contributed by atoms with Crippen molar-refractivity contribution in [1.82, 2.24) is 4.98 Å². The number of nitrogens with zero attached hydrogens (tertiary/aromatic N) is 1. The summed E-state index contributed by atoms with van der Waals surface area (Å²) in [6.45, 7) is 3.06. The SMILES string of the molecule is CCOc1c(CN)cnc2ccccc12. The van der Waals surface area contributed by atoms with E-state index in [0.717, 1.165) is 22.2 Å². The normalized spacial score (nSPS) is 10.5. The summed E-state index contributed by atoms with van der Waals surface area (Å²) in [5.74, 6) is 0.866.